The maximum Gasteiger partial charge on any atom is 0.416 e. The number of urea groups is 1. The highest BCUT2D eigenvalue weighted by atomic mass is 19.4. The van der Waals surface area contributed by atoms with Crippen LogP contribution in [0.15, 0.2) is 42.5 Å². The van der Waals surface area contributed by atoms with E-state index in [0.717, 1.165) is 17.0 Å². The maximum atomic E-state index is 13.2. The number of benzene rings is 2. The van der Waals surface area contributed by atoms with Gasteiger partial charge in [-0.25, -0.2) is 4.79 Å². The Bertz CT molecular complexity index is 1090. The highest BCUT2D eigenvalue weighted by molar-refractivity contribution is 5.98. The van der Waals surface area contributed by atoms with Crippen LogP contribution >= 0.6 is 0 Å². The number of aryl methyl sites for hydroxylation is 1. The molecule has 0 radical (unpaired) electrons. The number of piperidine rings is 1. The number of likely N-dealkylation sites (tertiary alicyclic amines) is 1. The van der Waals surface area contributed by atoms with Crippen LogP contribution in [0.5, 0.6) is 0 Å². The van der Waals surface area contributed by atoms with Gasteiger partial charge < -0.3 is 10.0 Å². The van der Waals surface area contributed by atoms with Crippen LogP contribution in [-0.4, -0.2) is 39.3 Å². The van der Waals surface area contributed by atoms with Gasteiger partial charge in [-0.2, -0.15) is 18.3 Å². The SMILES string of the molecule is Cc1ccc(C2(O)CCN(C(=O)Nc3n[nH]c4ccccc34)CC2)cc1C(F)(F)F. The molecule has 1 fully saturated rings. The topological polar surface area (TPSA) is 81.2 Å². The molecular formula is C21H21F3N4O2. The number of aromatic nitrogens is 2. The lowest BCUT2D eigenvalue weighted by atomic mass is 9.83. The molecule has 4 rings (SSSR count). The van der Waals surface area contributed by atoms with Crippen molar-refractivity contribution < 1.29 is 23.1 Å². The van der Waals surface area contributed by atoms with Crippen molar-refractivity contribution in [3.05, 3.63) is 59.2 Å². The van der Waals surface area contributed by atoms with Gasteiger partial charge in [-0.05, 0) is 49.1 Å². The lowest BCUT2D eigenvalue weighted by Gasteiger charge is -2.38. The predicted molar refractivity (Wildman–Crippen MR) is 106 cm³/mol. The second-order valence-corrected chi connectivity index (χ2v) is 7.59. The predicted octanol–water partition coefficient (Wildman–Crippen LogP) is 4.41. The third-order valence-corrected chi connectivity index (χ3v) is 5.65. The Morgan fingerprint density at radius 2 is 1.90 bits per heavy atom. The Kier molecular flexibility index (Phi) is 4.93. The molecule has 1 aliphatic rings. The molecule has 0 aliphatic carbocycles. The molecule has 0 bridgehead atoms. The average Bonchev–Trinajstić information content (AvgIpc) is 3.11. The largest absolute Gasteiger partial charge is 0.416 e. The summed E-state index contributed by atoms with van der Waals surface area (Å²) in [6, 6.07) is 10.9. The summed E-state index contributed by atoms with van der Waals surface area (Å²) in [5, 5.41) is 21.5. The van der Waals surface area contributed by atoms with Gasteiger partial charge in [0.2, 0.25) is 0 Å². The summed E-state index contributed by atoms with van der Waals surface area (Å²) in [6.45, 7) is 1.81. The molecule has 30 heavy (non-hydrogen) atoms. The van der Waals surface area contributed by atoms with Gasteiger partial charge in [0.05, 0.1) is 16.7 Å². The summed E-state index contributed by atoms with van der Waals surface area (Å²) in [7, 11) is 0. The van der Waals surface area contributed by atoms with Crippen molar-refractivity contribution in [1.29, 1.82) is 0 Å². The van der Waals surface area contributed by atoms with Crippen LogP contribution in [0.3, 0.4) is 0 Å². The quantitative estimate of drug-likeness (QED) is 0.577. The number of fused-ring (bicyclic) bond motifs is 1. The molecule has 6 nitrogen and oxygen atoms in total. The van der Waals surface area contributed by atoms with E-state index in [4.69, 9.17) is 0 Å². The molecule has 158 valence electrons. The number of nitrogens with zero attached hydrogens (tertiary/aromatic N) is 2. The Morgan fingerprint density at radius 3 is 2.60 bits per heavy atom. The molecule has 0 atom stereocenters. The van der Waals surface area contributed by atoms with Crippen molar-refractivity contribution in [3.63, 3.8) is 0 Å². The van der Waals surface area contributed by atoms with Crippen LogP contribution in [-0.2, 0) is 11.8 Å². The standard InChI is InChI=1S/C21H21F3N4O2/c1-13-6-7-14(12-16(13)21(22,23)24)20(30)8-10-28(11-9-20)19(29)25-18-15-4-2-3-5-17(15)26-27-18/h2-7,12,30H,8-11H2,1H3,(H2,25,26,27,29). The number of amides is 2. The zero-order chi connectivity index (χ0) is 21.5. The molecular weight excluding hydrogens is 397 g/mol. The minimum atomic E-state index is -4.48. The fraction of sp³-hybridized carbons (Fsp3) is 0.333. The van der Waals surface area contributed by atoms with Gasteiger partial charge in [-0.15, -0.1) is 0 Å². The van der Waals surface area contributed by atoms with Gasteiger partial charge in [0.1, 0.15) is 0 Å². The average molecular weight is 418 g/mol. The van der Waals surface area contributed by atoms with Crippen molar-refractivity contribution >= 4 is 22.8 Å². The van der Waals surface area contributed by atoms with Gasteiger partial charge in [0, 0.05) is 18.5 Å². The zero-order valence-corrected chi connectivity index (χ0v) is 16.3. The van der Waals surface area contributed by atoms with E-state index in [1.54, 1.807) is 0 Å². The summed E-state index contributed by atoms with van der Waals surface area (Å²) in [5.41, 5.74) is -1.04. The van der Waals surface area contributed by atoms with Crippen LogP contribution in [0.25, 0.3) is 10.9 Å². The van der Waals surface area contributed by atoms with E-state index >= 15 is 0 Å². The van der Waals surface area contributed by atoms with Crippen LogP contribution < -0.4 is 5.32 Å². The van der Waals surface area contributed by atoms with Crippen molar-refractivity contribution in [2.24, 2.45) is 0 Å². The van der Waals surface area contributed by atoms with Crippen molar-refractivity contribution in [1.82, 2.24) is 15.1 Å². The lowest BCUT2D eigenvalue weighted by molar-refractivity contribution is -0.138. The highest BCUT2D eigenvalue weighted by Gasteiger charge is 2.39. The second kappa shape index (κ2) is 7.32. The summed E-state index contributed by atoms with van der Waals surface area (Å²) >= 11 is 0. The number of halogens is 3. The van der Waals surface area contributed by atoms with Crippen molar-refractivity contribution in [2.45, 2.75) is 31.5 Å². The molecule has 3 aromatic rings. The highest BCUT2D eigenvalue weighted by Crippen LogP contribution is 2.38. The normalized spacial score (nSPS) is 16.6. The Hall–Kier alpha value is -3.07. The number of para-hydroxylation sites is 1. The second-order valence-electron chi connectivity index (χ2n) is 7.59. The third kappa shape index (κ3) is 3.72. The van der Waals surface area contributed by atoms with Gasteiger partial charge in [-0.3, -0.25) is 10.4 Å². The number of carbonyl (C=O) groups excluding carboxylic acids is 1. The lowest BCUT2D eigenvalue weighted by Crippen LogP contribution is -2.46. The number of H-pyrrole nitrogens is 1. The molecule has 0 unspecified atom stereocenters. The molecule has 0 saturated carbocycles. The summed E-state index contributed by atoms with van der Waals surface area (Å²) in [4.78, 5) is 14.1. The number of rotatable bonds is 2. The molecule has 2 aromatic carbocycles. The molecule has 1 saturated heterocycles. The van der Waals surface area contributed by atoms with Crippen LogP contribution in [0.2, 0.25) is 0 Å². The molecule has 2 heterocycles. The van der Waals surface area contributed by atoms with E-state index in [2.05, 4.69) is 15.5 Å². The minimum Gasteiger partial charge on any atom is -0.385 e. The van der Waals surface area contributed by atoms with Gasteiger partial charge in [0.15, 0.2) is 5.82 Å². The Morgan fingerprint density at radius 1 is 1.20 bits per heavy atom. The van der Waals surface area contributed by atoms with Crippen LogP contribution in [0, 0.1) is 6.92 Å². The zero-order valence-electron chi connectivity index (χ0n) is 16.3. The smallest absolute Gasteiger partial charge is 0.385 e. The number of anilines is 1. The first-order chi connectivity index (χ1) is 14.2. The van der Waals surface area contributed by atoms with Crippen LogP contribution in [0.1, 0.15) is 29.5 Å². The number of carbonyl (C=O) groups is 1. The third-order valence-electron chi connectivity index (χ3n) is 5.65. The van der Waals surface area contributed by atoms with Gasteiger partial charge in [0.25, 0.3) is 0 Å². The monoisotopic (exact) mass is 418 g/mol. The van der Waals surface area contributed by atoms with Crippen molar-refractivity contribution in [3.8, 4) is 0 Å². The first-order valence-corrected chi connectivity index (χ1v) is 9.57. The van der Waals surface area contributed by atoms with Crippen LogP contribution in [0.4, 0.5) is 23.8 Å². The number of aliphatic hydroxyl groups is 1. The maximum absolute atomic E-state index is 13.2. The first-order valence-electron chi connectivity index (χ1n) is 9.57. The molecule has 3 N–H and O–H groups in total. The first kappa shape index (κ1) is 20.2. The molecule has 1 aliphatic heterocycles. The van der Waals surface area contributed by atoms with E-state index in [-0.39, 0.29) is 43.1 Å². The molecule has 2 amide bonds. The van der Waals surface area contributed by atoms with E-state index in [1.165, 1.54) is 24.0 Å². The number of aromatic amines is 1. The van der Waals surface area contributed by atoms with E-state index in [1.807, 2.05) is 24.3 Å². The molecule has 0 spiro atoms. The number of hydrogen-bond acceptors (Lipinski definition) is 3. The minimum absolute atomic E-state index is 0.109. The van der Waals surface area contributed by atoms with E-state index in [9.17, 15) is 23.1 Å². The fourth-order valence-electron chi connectivity index (χ4n) is 3.82. The number of alkyl halides is 3. The van der Waals surface area contributed by atoms with Crippen molar-refractivity contribution in [2.75, 3.05) is 18.4 Å². The van der Waals surface area contributed by atoms with Gasteiger partial charge in [-0.1, -0.05) is 24.3 Å². The molecule has 9 heteroatoms. The van der Waals surface area contributed by atoms with E-state index < -0.39 is 17.3 Å². The summed E-state index contributed by atoms with van der Waals surface area (Å²) < 4.78 is 39.7. The van der Waals surface area contributed by atoms with E-state index in [0.29, 0.717) is 5.82 Å². The molecule has 1 aromatic heterocycles. The summed E-state index contributed by atoms with van der Waals surface area (Å²) in [5.74, 6) is 0.407. The Balaban J connectivity index is 1.46. The summed E-state index contributed by atoms with van der Waals surface area (Å²) in [6.07, 6.45) is -4.20. The van der Waals surface area contributed by atoms with Gasteiger partial charge >= 0.3 is 12.2 Å². The Labute approximate surface area is 170 Å². The number of hydrogen-bond donors (Lipinski definition) is 3. The fourth-order valence-corrected chi connectivity index (χ4v) is 3.82. The number of nitrogens with one attached hydrogen (secondary N) is 2.